The summed E-state index contributed by atoms with van der Waals surface area (Å²) in [5, 5.41) is 16.2. The highest BCUT2D eigenvalue weighted by molar-refractivity contribution is 7.99. The highest BCUT2D eigenvalue weighted by Gasteiger charge is 2.25. The van der Waals surface area contributed by atoms with Crippen LogP contribution in [-0.4, -0.2) is 71.2 Å². The molecule has 1 fully saturated rings. The van der Waals surface area contributed by atoms with Crippen molar-refractivity contribution >= 4 is 55.6 Å². The van der Waals surface area contributed by atoms with Gasteiger partial charge in [0.15, 0.2) is 5.82 Å². The van der Waals surface area contributed by atoms with E-state index in [2.05, 4.69) is 83.3 Å². The van der Waals surface area contributed by atoms with Gasteiger partial charge < -0.3 is 10.2 Å². The minimum absolute atomic E-state index is 0.0859. The number of benzene rings is 5. The number of thioether (sulfide) groups is 1. The van der Waals surface area contributed by atoms with Crippen molar-refractivity contribution in [3.05, 3.63) is 173 Å². The minimum Gasteiger partial charge on any atom is -0.376 e. The summed E-state index contributed by atoms with van der Waals surface area (Å²) < 4.78 is 30.2. The first kappa shape index (κ1) is 39.5. The van der Waals surface area contributed by atoms with Gasteiger partial charge >= 0.3 is 0 Å². The van der Waals surface area contributed by atoms with Crippen LogP contribution in [-0.2, 0) is 23.0 Å². The van der Waals surface area contributed by atoms with Gasteiger partial charge in [-0.3, -0.25) is 24.7 Å². The number of hydrogen-bond acceptors (Lipinski definition) is 11. The molecule has 8 rings (SSSR count). The monoisotopic (exact) mass is 822 g/mol. The molecule has 5 aromatic carbocycles. The average Bonchev–Trinajstić information content (AvgIpc) is 3.27. The lowest BCUT2D eigenvalue weighted by molar-refractivity contribution is -0.384. The maximum absolute atomic E-state index is 13.8. The van der Waals surface area contributed by atoms with Gasteiger partial charge in [-0.2, -0.15) is 0 Å². The lowest BCUT2D eigenvalue weighted by Gasteiger charge is -2.36. The summed E-state index contributed by atoms with van der Waals surface area (Å²) in [6, 6.07) is 42.1. The molecule has 2 N–H and O–H groups in total. The number of piperazine rings is 1. The van der Waals surface area contributed by atoms with E-state index in [-0.39, 0.29) is 28.1 Å². The zero-order valence-corrected chi connectivity index (χ0v) is 33.7. The number of nitrogens with zero attached hydrogens (tertiary/aromatic N) is 6. The van der Waals surface area contributed by atoms with Crippen molar-refractivity contribution in [1.82, 2.24) is 19.9 Å². The average molecular weight is 823 g/mol. The summed E-state index contributed by atoms with van der Waals surface area (Å²) in [7, 11) is -4.29. The summed E-state index contributed by atoms with van der Waals surface area (Å²) in [4.78, 5) is 30.3. The molecule has 1 saturated heterocycles. The van der Waals surface area contributed by atoms with Gasteiger partial charge in [-0.1, -0.05) is 78.9 Å². The highest BCUT2D eigenvalue weighted by atomic mass is 32.2. The zero-order valence-electron chi connectivity index (χ0n) is 32.1. The van der Waals surface area contributed by atoms with E-state index in [0.717, 1.165) is 54.9 Å². The van der Waals surface area contributed by atoms with Gasteiger partial charge in [-0.15, -0.1) is 11.8 Å². The molecule has 1 aliphatic rings. The fourth-order valence-electron chi connectivity index (χ4n) is 7.31. The number of hydrogen-bond donors (Lipinski definition) is 2. The van der Waals surface area contributed by atoms with Crippen LogP contribution < -0.4 is 14.9 Å². The van der Waals surface area contributed by atoms with Crippen LogP contribution in [0.15, 0.2) is 162 Å². The largest absolute Gasteiger partial charge is 0.376 e. The van der Waals surface area contributed by atoms with E-state index in [4.69, 9.17) is 0 Å². The van der Waals surface area contributed by atoms with Crippen LogP contribution in [0.5, 0.6) is 0 Å². The lowest BCUT2D eigenvalue weighted by atomic mass is 9.99. The molecule has 0 radical (unpaired) electrons. The zero-order chi connectivity index (χ0) is 40.6. The SMILES string of the molecule is O=[N+]([O-])c1cc(S(=O)(=O)Nc2ncnc3cc(N4CCN(Cc5ccccc5-c5ccccc5)CC4)ccc23)ccc1NC(CSc1ccccc1)Cc1cccnc1. The van der Waals surface area contributed by atoms with Gasteiger partial charge in [0, 0.05) is 78.9 Å². The van der Waals surface area contributed by atoms with Crippen LogP contribution in [0.4, 0.5) is 22.9 Å². The number of nitro groups is 1. The van der Waals surface area contributed by atoms with Crippen molar-refractivity contribution < 1.29 is 13.3 Å². The molecule has 0 aliphatic carbocycles. The molecule has 12 nitrogen and oxygen atoms in total. The van der Waals surface area contributed by atoms with Gasteiger partial charge in [0.05, 0.1) is 15.3 Å². The number of nitro benzene ring substituents is 1. The van der Waals surface area contributed by atoms with E-state index >= 15 is 0 Å². The number of sulfonamides is 1. The first-order chi connectivity index (χ1) is 28.8. The standard InChI is InChI=1S/C45H42N8O4S2/c54-53(55)44-28-39(18-20-42(44)49-36(26-33-10-9-21-46-29-33)31-58-38-14-5-2-6-15-38)59(56,57)50-45-41-19-17-37(27-43(41)47-32-48-45)52-24-22-51(23-25-52)30-35-13-7-8-16-40(35)34-11-3-1-4-12-34/h1-21,27-29,32,36,49H,22-26,30-31H2,(H,47,48,50). The Morgan fingerprint density at radius 2 is 1.58 bits per heavy atom. The summed E-state index contributed by atoms with van der Waals surface area (Å²) in [5.41, 5.74) is 6.15. The van der Waals surface area contributed by atoms with Gasteiger partial charge in [0.1, 0.15) is 12.0 Å². The molecule has 59 heavy (non-hydrogen) atoms. The number of aromatic nitrogens is 3. The van der Waals surface area contributed by atoms with Crippen LogP contribution in [0.3, 0.4) is 0 Å². The molecule has 0 bridgehead atoms. The number of pyridine rings is 1. The Morgan fingerprint density at radius 3 is 2.34 bits per heavy atom. The fraction of sp³-hybridized carbons (Fsp3) is 0.178. The molecule has 1 aliphatic heterocycles. The Balaban J connectivity index is 0.952. The molecule has 7 aromatic rings. The van der Waals surface area contributed by atoms with Crippen molar-refractivity contribution in [2.45, 2.75) is 28.8 Å². The smallest absolute Gasteiger partial charge is 0.293 e. The van der Waals surface area contributed by atoms with Crippen molar-refractivity contribution in [3.63, 3.8) is 0 Å². The van der Waals surface area contributed by atoms with Crippen molar-refractivity contribution in [3.8, 4) is 11.1 Å². The van der Waals surface area contributed by atoms with Crippen LogP contribution in [0.2, 0.25) is 0 Å². The van der Waals surface area contributed by atoms with Gasteiger partial charge in [0.25, 0.3) is 15.7 Å². The number of nitrogens with one attached hydrogen (secondary N) is 2. The molecule has 14 heteroatoms. The topological polar surface area (TPSA) is 146 Å². The Bertz CT molecular complexity index is 2650. The molecule has 0 amide bonds. The second-order valence-corrected chi connectivity index (χ2v) is 17.1. The summed E-state index contributed by atoms with van der Waals surface area (Å²) in [5.74, 6) is 0.684. The third kappa shape index (κ3) is 9.69. The second kappa shape index (κ2) is 18.1. The van der Waals surface area contributed by atoms with Crippen molar-refractivity contribution in [2.24, 2.45) is 0 Å². The second-order valence-electron chi connectivity index (χ2n) is 14.3. The molecule has 2 aromatic heterocycles. The normalized spacial score (nSPS) is 13.9. The number of rotatable bonds is 15. The van der Waals surface area contributed by atoms with E-state index in [1.54, 1.807) is 24.2 Å². The van der Waals surface area contributed by atoms with Crippen molar-refractivity contribution in [1.29, 1.82) is 0 Å². The molecule has 3 heterocycles. The fourth-order valence-corrected chi connectivity index (χ4v) is 9.31. The van der Waals surface area contributed by atoms with Crippen molar-refractivity contribution in [2.75, 3.05) is 46.9 Å². The van der Waals surface area contributed by atoms with Gasteiger partial charge in [-0.25, -0.2) is 18.4 Å². The van der Waals surface area contributed by atoms with Crippen LogP contribution >= 0.6 is 11.8 Å². The minimum atomic E-state index is -4.29. The molecule has 0 saturated carbocycles. The predicted octanol–water partition coefficient (Wildman–Crippen LogP) is 8.54. The lowest BCUT2D eigenvalue weighted by Crippen LogP contribution is -2.46. The molecular formula is C45H42N8O4S2. The Morgan fingerprint density at radius 1 is 0.814 bits per heavy atom. The Labute approximate surface area is 347 Å². The maximum atomic E-state index is 13.8. The van der Waals surface area contributed by atoms with E-state index in [9.17, 15) is 18.5 Å². The highest BCUT2D eigenvalue weighted by Crippen LogP contribution is 2.33. The van der Waals surface area contributed by atoms with E-state index in [1.807, 2.05) is 66.7 Å². The number of fused-ring (bicyclic) bond motifs is 1. The number of anilines is 3. The molecule has 1 atom stereocenters. The van der Waals surface area contributed by atoms with Gasteiger partial charge in [-0.05, 0) is 77.2 Å². The van der Waals surface area contributed by atoms with Crippen LogP contribution in [0, 0.1) is 10.1 Å². The first-order valence-corrected chi connectivity index (χ1v) is 21.8. The van der Waals surface area contributed by atoms with Crippen LogP contribution in [0.1, 0.15) is 11.1 Å². The molecule has 0 spiro atoms. The van der Waals surface area contributed by atoms with E-state index < -0.39 is 14.9 Å². The van der Waals surface area contributed by atoms with E-state index in [1.165, 1.54) is 35.2 Å². The first-order valence-electron chi connectivity index (χ1n) is 19.3. The maximum Gasteiger partial charge on any atom is 0.293 e. The Kier molecular flexibility index (Phi) is 12.1. The molecule has 1 unspecified atom stereocenters. The third-order valence-corrected chi connectivity index (χ3v) is 12.8. The predicted molar refractivity (Wildman–Crippen MR) is 235 cm³/mol. The van der Waals surface area contributed by atoms with E-state index in [0.29, 0.717) is 23.1 Å². The van der Waals surface area contributed by atoms with Gasteiger partial charge in [0.2, 0.25) is 0 Å². The molecule has 298 valence electrons. The third-order valence-electron chi connectivity index (χ3n) is 10.3. The Hall–Kier alpha value is -6.35. The summed E-state index contributed by atoms with van der Waals surface area (Å²) in [6.07, 6.45) is 5.33. The quantitative estimate of drug-likeness (QED) is 0.0583. The summed E-state index contributed by atoms with van der Waals surface area (Å²) in [6.45, 7) is 4.27. The molecular weight excluding hydrogens is 781 g/mol. The van der Waals surface area contributed by atoms with Crippen LogP contribution in [0.25, 0.3) is 22.0 Å². The summed E-state index contributed by atoms with van der Waals surface area (Å²) >= 11 is 1.62.